The van der Waals surface area contributed by atoms with Crippen LogP contribution in [-0.4, -0.2) is 52.9 Å². The molecule has 0 unspecified atom stereocenters. The van der Waals surface area contributed by atoms with E-state index in [1.54, 1.807) is 36.2 Å². The van der Waals surface area contributed by atoms with Crippen LogP contribution in [0.15, 0.2) is 24.3 Å². The summed E-state index contributed by atoms with van der Waals surface area (Å²) < 4.78 is 5.44. The smallest absolute Gasteiger partial charge is 0.410 e. The maximum Gasteiger partial charge on any atom is 0.410 e. The van der Waals surface area contributed by atoms with E-state index in [-0.39, 0.29) is 29.9 Å². The molecule has 1 heterocycles. The quantitative estimate of drug-likeness (QED) is 0.759. The van der Waals surface area contributed by atoms with Crippen molar-refractivity contribution in [1.29, 1.82) is 0 Å². The van der Waals surface area contributed by atoms with Crippen molar-refractivity contribution in [2.24, 2.45) is 5.92 Å². The number of nitrogens with zero attached hydrogens (tertiary/aromatic N) is 2. The van der Waals surface area contributed by atoms with Gasteiger partial charge < -0.3 is 9.64 Å². The van der Waals surface area contributed by atoms with Crippen LogP contribution >= 0.6 is 0 Å². The highest BCUT2D eigenvalue weighted by Gasteiger charge is 2.37. The van der Waals surface area contributed by atoms with E-state index in [9.17, 15) is 14.4 Å². The Kier molecular flexibility index (Phi) is 5.27. The highest BCUT2D eigenvalue weighted by molar-refractivity contribution is 6.21. The van der Waals surface area contributed by atoms with Crippen molar-refractivity contribution >= 4 is 17.9 Å². The molecule has 1 aromatic carbocycles. The molecule has 0 N–H and O–H groups in total. The number of carbonyl (C=O) groups excluding carboxylic acids is 3. The summed E-state index contributed by atoms with van der Waals surface area (Å²) >= 11 is 0. The molecule has 1 saturated carbocycles. The summed E-state index contributed by atoms with van der Waals surface area (Å²) in [5.41, 5.74) is 0.496. The van der Waals surface area contributed by atoms with Crippen molar-refractivity contribution in [2.45, 2.75) is 58.1 Å². The molecule has 0 radical (unpaired) electrons. The minimum Gasteiger partial charge on any atom is -0.444 e. The Morgan fingerprint density at radius 1 is 1.07 bits per heavy atom. The van der Waals surface area contributed by atoms with Gasteiger partial charge in [0.05, 0.1) is 11.1 Å². The van der Waals surface area contributed by atoms with Crippen LogP contribution in [0.5, 0.6) is 0 Å². The molecule has 1 fully saturated rings. The number of benzene rings is 1. The van der Waals surface area contributed by atoms with Gasteiger partial charge in [-0.1, -0.05) is 12.1 Å². The molecule has 6 heteroatoms. The first-order chi connectivity index (χ1) is 12.7. The van der Waals surface area contributed by atoms with Crippen LogP contribution < -0.4 is 0 Å². The topological polar surface area (TPSA) is 66.9 Å². The molecular formula is C21H28N2O4. The minimum atomic E-state index is -0.506. The van der Waals surface area contributed by atoms with Gasteiger partial charge in [-0.25, -0.2) is 4.79 Å². The third-order valence-corrected chi connectivity index (χ3v) is 5.36. The predicted octanol–water partition coefficient (Wildman–Crippen LogP) is 3.71. The summed E-state index contributed by atoms with van der Waals surface area (Å²) in [5.74, 6) is -0.109. The predicted molar refractivity (Wildman–Crippen MR) is 102 cm³/mol. The van der Waals surface area contributed by atoms with Crippen LogP contribution in [0.2, 0.25) is 0 Å². The Hall–Kier alpha value is -2.37. The maximum absolute atomic E-state index is 12.5. The first kappa shape index (κ1) is 19.4. The molecule has 3 amide bonds. The van der Waals surface area contributed by atoms with Crippen LogP contribution in [0.1, 0.15) is 67.2 Å². The second-order valence-electron chi connectivity index (χ2n) is 8.53. The lowest BCUT2D eigenvalue weighted by atomic mass is 9.85. The Labute approximate surface area is 160 Å². The summed E-state index contributed by atoms with van der Waals surface area (Å²) in [5, 5.41) is 0. The molecule has 2 aliphatic rings. The Bertz CT molecular complexity index is 710. The second-order valence-corrected chi connectivity index (χ2v) is 8.53. The number of hydrogen-bond donors (Lipinski definition) is 0. The first-order valence-corrected chi connectivity index (χ1v) is 9.58. The standard InChI is InChI=1S/C21H28N2O4/c1-21(2,3)27-20(26)22(4)15-11-9-14(10-12-15)13-23-18(24)16-7-5-6-8-17(16)19(23)25/h5-8,14-15H,9-13H2,1-4H3. The lowest BCUT2D eigenvalue weighted by Gasteiger charge is -2.36. The van der Waals surface area contributed by atoms with E-state index in [1.807, 2.05) is 20.8 Å². The van der Waals surface area contributed by atoms with Crippen molar-refractivity contribution in [3.8, 4) is 0 Å². The average Bonchev–Trinajstić information content (AvgIpc) is 2.86. The zero-order chi connectivity index (χ0) is 19.8. The normalized spacial score (nSPS) is 22.6. The zero-order valence-electron chi connectivity index (χ0n) is 16.5. The highest BCUT2D eigenvalue weighted by Crippen LogP contribution is 2.31. The molecule has 0 bridgehead atoms. The van der Waals surface area contributed by atoms with Gasteiger partial charge in [0.15, 0.2) is 0 Å². The van der Waals surface area contributed by atoms with E-state index >= 15 is 0 Å². The second kappa shape index (κ2) is 7.33. The van der Waals surface area contributed by atoms with Crippen LogP contribution in [-0.2, 0) is 4.74 Å². The van der Waals surface area contributed by atoms with Crippen molar-refractivity contribution in [3.63, 3.8) is 0 Å². The SMILES string of the molecule is CN(C(=O)OC(C)(C)C)C1CCC(CN2C(=O)c3ccccc3C2=O)CC1. The molecule has 1 aliphatic carbocycles. The largest absolute Gasteiger partial charge is 0.444 e. The Morgan fingerprint density at radius 2 is 1.59 bits per heavy atom. The van der Waals surface area contributed by atoms with Gasteiger partial charge in [-0.2, -0.15) is 0 Å². The van der Waals surface area contributed by atoms with Gasteiger partial charge in [0, 0.05) is 19.6 Å². The van der Waals surface area contributed by atoms with Crippen LogP contribution in [0.25, 0.3) is 0 Å². The van der Waals surface area contributed by atoms with E-state index in [2.05, 4.69) is 0 Å². The molecule has 0 aromatic heterocycles. The van der Waals surface area contributed by atoms with Crippen LogP contribution in [0, 0.1) is 5.92 Å². The summed E-state index contributed by atoms with van der Waals surface area (Å²) in [6.07, 6.45) is 3.16. The number of fused-ring (bicyclic) bond motifs is 1. The van der Waals surface area contributed by atoms with Gasteiger partial charge in [0.2, 0.25) is 0 Å². The van der Waals surface area contributed by atoms with E-state index in [1.165, 1.54) is 4.90 Å². The number of ether oxygens (including phenoxy) is 1. The fourth-order valence-electron chi connectivity index (χ4n) is 3.86. The summed E-state index contributed by atoms with van der Waals surface area (Å²) in [4.78, 5) is 40.3. The van der Waals surface area contributed by atoms with E-state index in [0.29, 0.717) is 17.7 Å². The van der Waals surface area contributed by atoms with E-state index in [0.717, 1.165) is 25.7 Å². The summed E-state index contributed by atoms with van der Waals surface area (Å²) in [6.45, 7) is 6.03. The monoisotopic (exact) mass is 372 g/mol. The maximum atomic E-state index is 12.5. The van der Waals surface area contributed by atoms with Gasteiger partial charge in [-0.15, -0.1) is 0 Å². The van der Waals surface area contributed by atoms with Crippen molar-refractivity contribution < 1.29 is 19.1 Å². The Balaban J connectivity index is 1.54. The summed E-state index contributed by atoms with van der Waals surface area (Å²) in [7, 11) is 1.78. The number of amides is 3. The molecule has 1 aliphatic heterocycles. The number of hydrogen-bond acceptors (Lipinski definition) is 4. The molecule has 0 saturated heterocycles. The van der Waals surface area contributed by atoms with Crippen molar-refractivity contribution in [3.05, 3.63) is 35.4 Å². The minimum absolute atomic E-state index is 0.137. The first-order valence-electron chi connectivity index (χ1n) is 9.58. The fraction of sp³-hybridized carbons (Fsp3) is 0.571. The molecule has 0 atom stereocenters. The van der Waals surface area contributed by atoms with Crippen molar-refractivity contribution in [2.75, 3.05) is 13.6 Å². The fourth-order valence-corrected chi connectivity index (χ4v) is 3.86. The number of imide groups is 1. The van der Waals surface area contributed by atoms with Gasteiger partial charge in [0.25, 0.3) is 11.8 Å². The van der Waals surface area contributed by atoms with Gasteiger partial charge in [0.1, 0.15) is 5.60 Å². The molecule has 27 heavy (non-hydrogen) atoms. The average molecular weight is 372 g/mol. The third kappa shape index (κ3) is 4.15. The molecule has 146 valence electrons. The van der Waals surface area contributed by atoms with Gasteiger partial charge in [-0.05, 0) is 64.5 Å². The van der Waals surface area contributed by atoms with Crippen LogP contribution in [0.3, 0.4) is 0 Å². The lowest BCUT2D eigenvalue weighted by molar-refractivity contribution is 0.0168. The molecule has 6 nitrogen and oxygen atoms in total. The molecular weight excluding hydrogens is 344 g/mol. The lowest BCUT2D eigenvalue weighted by Crippen LogP contribution is -2.43. The molecule has 0 spiro atoms. The van der Waals surface area contributed by atoms with Crippen LogP contribution in [0.4, 0.5) is 4.79 Å². The van der Waals surface area contributed by atoms with Gasteiger partial charge >= 0.3 is 6.09 Å². The number of rotatable bonds is 3. The molecule has 3 rings (SSSR count). The zero-order valence-corrected chi connectivity index (χ0v) is 16.5. The van der Waals surface area contributed by atoms with E-state index < -0.39 is 5.60 Å². The summed E-state index contributed by atoms with van der Waals surface area (Å²) in [6, 6.07) is 7.12. The number of carbonyl (C=O) groups is 3. The molecule has 1 aromatic rings. The van der Waals surface area contributed by atoms with E-state index in [4.69, 9.17) is 4.74 Å². The third-order valence-electron chi connectivity index (χ3n) is 5.36. The Morgan fingerprint density at radius 3 is 2.07 bits per heavy atom. The highest BCUT2D eigenvalue weighted by atomic mass is 16.6. The van der Waals surface area contributed by atoms with Crippen molar-refractivity contribution in [1.82, 2.24) is 9.80 Å². The van der Waals surface area contributed by atoms with Gasteiger partial charge in [-0.3, -0.25) is 14.5 Å².